The van der Waals surface area contributed by atoms with Crippen LogP contribution in [0.25, 0.3) is 0 Å². The number of benzene rings is 2. The van der Waals surface area contributed by atoms with Gasteiger partial charge in [0.05, 0.1) is 29.5 Å². The van der Waals surface area contributed by atoms with Crippen molar-refractivity contribution in [1.82, 2.24) is 5.32 Å². The molecule has 10 heteroatoms. The van der Waals surface area contributed by atoms with Crippen molar-refractivity contribution in [3.05, 3.63) is 70.9 Å². The number of nitrogens with two attached hydrogens (primary N) is 1. The van der Waals surface area contributed by atoms with Crippen LogP contribution in [0.4, 0.5) is 29.3 Å². The maximum Gasteiger partial charge on any atom is 0.416 e. The maximum absolute atomic E-state index is 13.2. The van der Waals surface area contributed by atoms with Crippen LogP contribution in [0.5, 0.6) is 0 Å². The van der Waals surface area contributed by atoms with Crippen LogP contribution < -0.4 is 16.0 Å². The number of urea groups is 1. The fourth-order valence-corrected chi connectivity index (χ4v) is 3.29. The maximum atomic E-state index is 13.2. The Balaban J connectivity index is 2.12. The van der Waals surface area contributed by atoms with E-state index >= 15 is 0 Å². The lowest BCUT2D eigenvalue weighted by atomic mass is 9.94. The molecule has 7 nitrogen and oxygen atoms in total. The predicted molar refractivity (Wildman–Crippen MR) is 107 cm³/mol. The summed E-state index contributed by atoms with van der Waals surface area (Å²) in [6, 6.07) is 9.01. The van der Waals surface area contributed by atoms with Gasteiger partial charge in [0.25, 0.3) is 0 Å². The molecule has 2 amide bonds. The second-order valence-electron chi connectivity index (χ2n) is 6.79. The molecule has 1 aliphatic rings. The molecule has 0 saturated carbocycles. The van der Waals surface area contributed by atoms with Gasteiger partial charge in [-0.05, 0) is 42.8 Å². The van der Waals surface area contributed by atoms with Gasteiger partial charge >= 0.3 is 18.2 Å². The second kappa shape index (κ2) is 8.68. The van der Waals surface area contributed by atoms with Crippen LogP contribution in [0.3, 0.4) is 0 Å². The summed E-state index contributed by atoms with van der Waals surface area (Å²) in [5.41, 5.74) is 5.83. The minimum absolute atomic E-state index is 0.0234. The zero-order valence-corrected chi connectivity index (χ0v) is 16.4. The minimum Gasteiger partial charge on any atom is -0.460 e. The molecule has 0 radical (unpaired) electrons. The number of esters is 1. The Kier molecular flexibility index (Phi) is 6.21. The smallest absolute Gasteiger partial charge is 0.416 e. The number of hydrogen-bond acceptors (Lipinski definition) is 5. The summed E-state index contributed by atoms with van der Waals surface area (Å²) in [6.07, 6.45) is -4.60. The Labute approximate surface area is 175 Å². The Bertz CT molecular complexity index is 1020. The summed E-state index contributed by atoms with van der Waals surface area (Å²) in [4.78, 5) is 26.6. The molecule has 2 aromatic rings. The third-order valence-electron chi connectivity index (χ3n) is 4.73. The normalized spacial score (nSPS) is 16.9. The van der Waals surface area contributed by atoms with Crippen LogP contribution in [0.15, 0.2) is 59.8 Å². The van der Waals surface area contributed by atoms with E-state index in [9.17, 15) is 22.8 Å². The highest BCUT2D eigenvalue weighted by atomic mass is 19.4. The van der Waals surface area contributed by atoms with E-state index in [0.29, 0.717) is 11.3 Å². The van der Waals surface area contributed by atoms with Crippen molar-refractivity contribution in [2.75, 3.05) is 23.8 Å². The van der Waals surface area contributed by atoms with Crippen molar-refractivity contribution in [3.8, 4) is 0 Å². The Hall–Kier alpha value is -3.53. The van der Waals surface area contributed by atoms with Crippen LogP contribution in [0, 0.1) is 0 Å². The van der Waals surface area contributed by atoms with E-state index in [2.05, 4.69) is 5.32 Å². The van der Waals surface area contributed by atoms with E-state index in [1.807, 2.05) is 0 Å². The van der Waals surface area contributed by atoms with Gasteiger partial charge in [0, 0.05) is 11.4 Å². The van der Waals surface area contributed by atoms with Gasteiger partial charge < -0.3 is 20.9 Å². The molecule has 0 fully saturated rings. The van der Waals surface area contributed by atoms with Gasteiger partial charge in [-0.15, -0.1) is 0 Å². The minimum atomic E-state index is -4.60. The highest BCUT2D eigenvalue weighted by Gasteiger charge is 2.38. The highest BCUT2D eigenvalue weighted by Crippen LogP contribution is 2.37. The van der Waals surface area contributed by atoms with Crippen molar-refractivity contribution in [1.29, 1.82) is 0 Å². The summed E-state index contributed by atoms with van der Waals surface area (Å²) < 4.78 is 44.5. The molecule has 31 heavy (non-hydrogen) atoms. The number of nitrogen functional groups attached to an aromatic ring is 1. The number of aliphatic hydroxyl groups excluding tert-OH is 1. The molecule has 0 spiro atoms. The zero-order chi connectivity index (χ0) is 22.8. The lowest BCUT2D eigenvalue weighted by Gasteiger charge is -2.35. The second-order valence-corrected chi connectivity index (χ2v) is 6.79. The number of ether oxygens (including phenoxy) is 1. The first-order chi connectivity index (χ1) is 14.6. The van der Waals surface area contributed by atoms with Crippen molar-refractivity contribution >= 4 is 23.4 Å². The standard InChI is InChI=1S/C21H20F3N3O4/c1-12-17(19(29)31-10-9-28)18(13-5-7-15(25)8-6-13)26-20(30)27(12)16-4-2-3-14(11-16)21(22,23)24/h2-8,11,18,28H,9-10,25H2,1H3,(H,26,30). The number of aliphatic hydroxyl groups is 1. The number of carbonyl (C=O) groups excluding carboxylic acids is 2. The molecule has 1 unspecified atom stereocenters. The summed E-state index contributed by atoms with van der Waals surface area (Å²) in [5, 5.41) is 11.6. The topological polar surface area (TPSA) is 105 Å². The van der Waals surface area contributed by atoms with Gasteiger partial charge in [-0.3, -0.25) is 4.90 Å². The molecule has 0 saturated heterocycles. The molecule has 1 heterocycles. The van der Waals surface area contributed by atoms with Crippen LogP contribution in [0.2, 0.25) is 0 Å². The molecule has 1 aliphatic heterocycles. The van der Waals surface area contributed by atoms with Crippen molar-refractivity contribution in [2.45, 2.75) is 19.1 Å². The fourth-order valence-electron chi connectivity index (χ4n) is 3.29. The summed E-state index contributed by atoms with van der Waals surface area (Å²) in [5.74, 6) is -0.814. The number of allylic oxidation sites excluding steroid dienone is 1. The van der Waals surface area contributed by atoms with E-state index in [0.717, 1.165) is 17.0 Å². The number of carbonyl (C=O) groups is 2. The molecule has 0 aliphatic carbocycles. The van der Waals surface area contributed by atoms with Gasteiger partial charge in [0.1, 0.15) is 6.61 Å². The number of rotatable bonds is 5. The molecule has 1 atom stereocenters. The zero-order valence-electron chi connectivity index (χ0n) is 16.4. The summed E-state index contributed by atoms with van der Waals surface area (Å²) >= 11 is 0. The molecular formula is C21H20F3N3O4. The summed E-state index contributed by atoms with van der Waals surface area (Å²) in [7, 11) is 0. The third-order valence-corrected chi connectivity index (χ3v) is 4.73. The van der Waals surface area contributed by atoms with Gasteiger partial charge in [-0.25, -0.2) is 9.59 Å². The number of anilines is 2. The first-order valence-electron chi connectivity index (χ1n) is 9.25. The molecule has 2 aromatic carbocycles. The lowest BCUT2D eigenvalue weighted by Crippen LogP contribution is -2.48. The average molecular weight is 435 g/mol. The molecular weight excluding hydrogens is 415 g/mol. The Morgan fingerprint density at radius 2 is 1.90 bits per heavy atom. The quantitative estimate of drug-likeness (QED) is 0.493. The van der Waals surface area contributed by atoms with E-state index in [1.54, 1.807) is 24.3 Å². The van der Waals surface area contributed by atoms with E-state index in [-0.39, 0.29) is 23.6 Å². The Morgan fingerprint density at radius 1 is 1.23 bits per heavy atom. The van der Waals surface area contributed by atoms with Crippen molar-refractivity contribution in [3.63, 3.8) is 0 Å². The van der Waals surface area contributed by atoms with Gasteiger partial charge in [0.2, 0.25) is 0 Å². The van der Waals surface area contributed by atoms with Gasteiger partial charge in [0.15, 0.2) is 0 Å². The number of amides is 2. The van der Waals surface area contributed by atoms with Crippen molar-refractivity contribution in [2.24, 2.45) is 0 Å². The fraction of sp³-hybridized carbons (Fsp3) is 0.238. The highest BCUT2D eigenvalue weighted by molar-refractivity contribution is 6.03. The van der Waals surface area contributed by atoms with E-state index < -0.39 is 36.4 Å². The first kappa shape index (κ1) is 22.2. The van der Waals surface area contributed by atoms with Crippen LogP contribution in [-0.2, 0) is 15.7 Å². The average Bonchev–Trinajstić information content (AvgIpc) is 2.72. The molecule has 4 N–H and O–H groups in total. The third kappa shape index (κ3) is 4.64. The predicted octanol–water partition coefficient (Wildman–Crippen LogP) is 3.37. The number of hydrogen-bond donors (Lipinski definition) is 3. The molecule has 0 bridgehead atoms. The largest absolute Gasteiger partial charge is 0.460 e. The summed E-state index contributed by atoms with van der Waals surface area (Å²) in [6.45, 7) is 0.759. The molecule has 164 valence electrons. The lowest BCUT2D eigenvalue weighted by molar-refractivity contribution is -0.140. The number of nitrogens with one attached hydrogen (secondary N) is 1. The number of nitrogens with zero attached hydrogens (tertiary/aromatic N) is 1. The number of alkyl halides is 3. The van der Waals surface area contributed by atoms with Crippen LogP contribution in [-0.4, -0.2) is 30.3 Å². The SMILES string of the molecule is CC1=C(C(=O)OCCO)C(c2ccc(N)cc2)NC(=O)N1c1cccc(C(F)(F)F)c1. The van der Waals surface area contributed by atoms with E-state index in [4.69, 9.17) is 15.6 Å². The monoisotopic (exact) mass is 435 g/mol. The van der Waals surface area contributed by atoms with Crippen LogP contribution in [0.1, 0.15) is 24.1 Å². The Morgan fingerprint density at radius 3 is 2.52 bits per heavy atom. The first-order valence-corrected chi connectivity index (χ1v) is 9.25. The van der Waals surface area contributed by atoms with Gasteiger partial charge in [-0.2, -0.15) is 13.2 Å². The van der Waals surface area contributed by atoms with Crippen LogP contribution >= 0.6 is 0 Å². The van der Waals surface area contributed by atoms with Gasteiger partial charge in [-0.1, -0.05) is 18.2 Å². The number of halogens is 3. The molecule has 3 rings (SSSR count). The molecule has 0 aromatic heterocycles. The van der Waals surface area contributed by atoms with Crippen molar-refractivity contribution < 1.29 is 32.6 Å². The van der Waals surface area contributed by atoms with E-state index in [1.165, 1.54) is 19.1 Å².